The van der Waals surface area contributed by atoms with Crippen molar-refractivity contribution in [1.82, 2.24) is 5.32 Å². The maximum Gasteiger partial charge on any atom is 0.0727 e. The summed E-state index contributed by atoms with van der Waals surface area (Å²) in [6.07, 6.45) is 5.30. The van der Waals surface area contributed by atoms with Crippen LogP contribution in [0.5, 0.6) is 0 Å². The SMILES string of the molecule is CCCNCc1cc(COCCC2CC2)c(C)s1. The van der Waals surface area contributed by atoms with E-state index < -0.39 is 0 Å². The van der Waals surface area contributed by atoms with Gasteiger partial charge in [-0.05, 0) is 43.9 Å². The molecule has 0 spiro atoms. The summed E-state index contributed by atoms with van der Waals surface area (Å²) in [6, 6.07) is 2.31. The number of hydrogen-bond donors (Lipinski definition) is 1. The van der Waals surface area contributed by atoms with Gasteiger partial charge in [-0.1, -0.05) is 19.8 Å². The summed E-state index contributed by atoms with van der Waals surface area (Å²) in [6.45, 7) is 8.23. The molecule has 1 N–H and O–H groups in total. The van der Waals surface area contributed by atoms with Gasteiger partial charge in [-0.2, -0.15) is 0 Å². The minimum atomic E-state index is 0.794. The Labute approximate surface area is 115 Å². The maximum atomic E-state index is 5.78. The van der Waals surface area contributed by atoms with Gasteiger partial charge in [-0.3, -0.25) is 0 Å². The number of aryl methyl sites for hydroxylation is 1. The predicted molar refractivity (Wildman–Crippen MR) is 78.1 cm³/mol. The van der Waals surface area contributed by atoms with Crippen molar-refractivity contribution in [1.29, 1.82) is 0 Å². The Morgan fingerprint density at radius 1 is 1.44 bits per heavy atom. The summed E-state index contributed by atoms with van der Waals surface area (Å²) in [7, 11) is 0. The van der Waals surface area contributed by atoms with Crippen molar-refractivity contribution in [3.05, 3.63) is 21.4 Å². The van der Waals surface area contributed by atoms with Crippen LogP contribution in [0, 0.1) is 12.8 Å². The highest BCUT2D eigenvalue weighted by Gasteiger charge is 2.20. The molecule has 18 heavy (non-hydrogen) atoms. The second-order valence-electron chi connectivity index (χ2n) is 5.26. The Kier molecular flexibility index (Phi) is 5.67. The standard InChI is InChI=1S/C15H25NOS/c1-3-7-16-10-15-9-14(12(2)18-15)11-17-8-6-13-4-5-13/h9,13,16H,3-8,10-11H2,1-2H3. The normalized spacial score (nSPS) is 15.2. The second kappa shape index (κ2) is 7.27. The maximum absolute atomic E-state index is 5.78. The van der Waals surface area contributed by atoms with Gasteiger partial charge >= 0.3 is 0 Å². The van der Waals surface area contributed by atoms with Gasteiger partial charge in [0, 0.05) is 22.9 Å². The second-order valence-corrected chi connectivity index (χ2v) is 6.60. The molecule has 0 unspecified atom stereocenters. The molecule has 1 aromatic rings. The molecule has 0 aromatic carbocycles. The predicted octanol–water partition coefficient (Wildman–Crippen LogP) is 3.87. The van der Waals surface area contributed by atoms with Crippen LogP contribution in [0.25, 0.3) is 0 Å². The van der Waals surface area contributed by atoms with Crippen molar-refractivity contribution in [3.8, 4) is 0 Å². The zero-order valence-corrected chi connectivity index (χ0v) is 12.4. The Morgan fingerprint density at radius 3 is 3.00 bits per heavy atom. The molecule has 1 saturated carbocycles. The Bertz CT molecular complexity index is 357. The molecule has 1 aromatic heterocycles. The van der Waals surface area contributed by atoms with Crippen LogP contribution in [-0.2, 0) is 17.9 Å². The van der Waals surface area contributed by atoms with Crippen LogP contribution in [0.2, 0.25) is 0 Å². The van der Waals surface area contributed by atoms with E-state index in [9.17, 15) is 0 Å². The van der Waals surface area contributed by atoms with E-state index in [4.69, 9.17) is 4.74 Å². The smallest absolute Gasteiger partial charge is 0.0727 e. The molecule has 1 heterocycles. The molecule has 2 rings (SSSR count). The fraction of sp³-hybridized carbons (Fsp3) is 0.733. The molecule has 1 fully saturated rings. The summed E-state index contributed by atoms with van der Waals surface area (Å²) in [5, 5.41) is 3.45. The first-order chi connectivity index (χ1) is 8.79. The van der Waals surface area contributed by atoms with Crippen molar-refractivity contribution in [2.75, 3.05) is 13.2 Å². The Balaban J connectivity index is 1.69. The summed E-state index contributed by atoms with van der Waals surface area (Å²) in [5.74, 6) is 0.974. The molecule has 0 radical (unpaired) electrons. The number of hydrogen-bond acceptors (Lipinski definition) is 3. The number of ether oxygens (including phenoxy) is 1. The van der Waals surface area contributed by atoms with Crippen molar-refractivity contribution in [2.45, 2.75) is 52.7 Å². The lowest BCUT2D eigenvalue weighted by atomic mass is 10.2. The topological polar surface area (TPSA) is 21.3 Å². The van der Waals surface area contributed by atoms with Crippen molar-refractivity contribution < 1.29 is 4.74 Å². The number of thiophene rings is 1. The van der Waals surface area contributed by atoms with Gasteiger partial charge in [-0.15, -0.1) is 11.3 Å². The molecule has 3 heteroatoms. The summed E-state index contributed by atoms with van der Waals surface area (Å²) in [4.78, 5) is 2.84. The third kappa shape index (κ3) is 4.71. The molecule has 2 nitrogen and oxygen atoms in total. The average molecular weight is 267 g/mol. The van der Waals surface area contributed by atoms with Crippen LogP contribution in [0.4, 0.5) is 0 Å². The molecule has 1 aliphatic rings. The quantitative estimate of drug-likeness (QED) is 0.686. The van der Waals surface area contributed by atoms with Crippen LogP contribution in [-0.4, -0.2) is 13.2 Å². The number of nitrogens with one attached hydrogen (secondary N) is 1. The monoisotopic (exact) mass is 267 g/mol. The Hall–Kier alpha value is -0.380. The molecule has 102 valence electrons. The van der Waals surface area contributed by atoms with Crippen LogP contribution in [0.15, 0.2) is 6.07 Å². The first-order valence-electron chi connectivity index (χ1n) is 7.16. The third-order valence-electron chi connectivity index (χ3n) is 3.42. The molecule has 0 bridgehead atoms. The fourth-order valence-corrected chi connectivity index (χ4v) is 3.06. The molecule has 0 saturated heterocycles. The minimum Gasteiger partial charge on any atom is -0.377 e. The molecular weight excluding hydrogens is 242 g/mol. The van der Waals surface area contributed by atoms with Gasteiger partial charge in [-0.25, -0.2) is 0 Å². The van der Waals surface area contributed by atoms with Crippen molar-refractivity contribution >= 4 is 11.3 Å². The molecule has 0 atom stereocenters. The summed E-state index contributed by atoms with van der Waals surface area (Å²) < 4.78 is 5.78. The van der Waals surface area contributed by atoms with E-state index >= 15 is 0 Å². The first-order valence-corrected chi connectivity index (χ1v) is 7.98. The highest BCUT2D eigenvalue weighted by atomic mass is 32.1. The van der Waals surface area contributed by atoms with E-state index in [0.29, 0.717) is 0 Å². The van der Waals surface area contributed by atoms with Crippen LogP contribution >= 0.6 is 11.3 Å². The highest BCUT2D eigenvalue weighted by Crippen LogP contribution is 2.32. The van der Waals surface area contributed by atoms with E-state index in [1.165, 1.54) is 41.0 Å². The van der Waals surface area contributed by atoms with Gasteiger partial charge < -0.3 is 10.1 Å². The average Bonchev–Trinajstić information content (AvgIpc) is 3.11. The lowest BCUT2D eigenvalue weighted by molar-refractivity contribution is 0.115. The largest absolute Gasteiger partial charge is 0.377 e. The van der Waals surface area contributed by atoms with Gasteiger partial charge in [0.1, 0.15) is 0 Å². The lowest BCUT2D eigenvalue weighted by Gasteiger charge is -2.02. The van der Waals surface area contributed by atoms with Gasteiger partial charge in [0.2, 0.25) is 0 Å². The molecular formula is C15H25NOS. The van der Waals surface area contributed by atoms with Gasteiger partial charge in [0.15, 0.2) is 0 Å². The van der Waals surface area contributed by atoms with E-state index in [0.717, 1.165) is 32.2 Å². The third-order valence-corrected chi connectivity index (χ3v) is 4.52. The van der Waals surface area contributed by atoms with E-state index in [1.54, 1.807) is 0 Å². The van der Waals surface area contributed by atoms with E-state index in [1.807, 2.05) is 11.3 Å². The highest BCUT2D eigenvalue weighted by molar-refractivity contribution is 7.12. The van der Waals surface area contributed by atoms with Gasteiger partial charge in [0.05, 0.1) is 6.61 Å². The first kappa shape index (κ1) is 14.0. The van der Waals surface area contributed by atoms with Crippen molar-refractivity contribution in [2.24, 2.45) is 5.92 Å². The molecule has 1 aliphatic carbocycles. The lowest BCUT2D eigenvalue weighted by Crippen LogP contribution is -2.12. The van der Waals surface area contributed by atoms with Crippen molar-refractivity contribution in [3.63, 3.8) is 0 Å². The van der Waals surface area contributed by atoms with Crippen LogP contribution in [0.3, 0.4) is 0 Å². The molecule has 0 amide bonds. The Morgan fingerprint density at radius 2 is 2.28 bits per heavy atom. The van der Waals surface area contributed by atoms with E-state index in [2.05, 4.69) is 25.2 Å². The zero-order valence-electron chi connectivity index (χ0n) is 11.6. The minimum absolute atomic E-state index is 0.794. The fourth-order valence-electron chi connectivity index (χ4n) is 2.05. The zero-order chi connectivity index (χ0) is 12.8. The molecule has 0 aliphatic heterocycles. The number of rotatable bonds is 9. The van der Waals surface area contributed by atoms with Crippen LogP contribution in [0.1, 0.15) is 47.9 Å². The van der Waals surface area contributed by atoms with Gasteiger partial charge in [0.25, 0.3) is 0 Å². The summed E-state index contributed by atoms with van der Waals surface area (Å²) >= 11 is 1.90. The van der Waals surface area contributed by atoms with E-state index in [-0.39, 0.29) is 0 Å². The summed E-state index contributed by atoms with van der Waals surface area (Å²) in [5.41, 5.74) is 1.38. The van der Waals surface area contributed by atoms with Crippen LogP contribution < -0.4 is 5.32 Å².